The molecule has 1 N–H and O–H groups in total. The SMILES string of the molecule is Cc1cc([N+](=O)[O-])cc(S(=O)(=O)NCc2nc(-c3ccc(Cl)cc3)no2)c1C. The predicted octanol–water partition coefficient (Wildman–Crippen LogP) is 3.39. The molecule has 9 nitrogen and oxygen atoms in total. The summed E-state index contributed by atoms with van der Waals surface area (Å²) < 4.78 is 32.7. The van der Waals surface area contributed by atoms with Crippen LogP contribution in [0, 0.1) is 24.0 Å². The first-order valence-electron chi connectivity index (χ1n) is 8.01. The third-order valence-electron chi connectivity index (χ3n) is 4.09. The quantitative estimate of drug-likeness (QED) is 0.476. The van der Waals surface area contributed by atoms with Gasteiger partial charge in [-0.15, -0.1) is 0 Å². The summed E-state index contributed by atoms with van der Waals surface area (Å²) in [6.45, 7) is 2.93. The molecule has 0 aliphatic heterocycles. The second-order valence-corrected chi connectivity index (χ2v) is 8.16. The van der Waals surface area contributed by atoms with E-state index in [2.05, 4.69) is 14.9 Å². The molecule has 1 heterocycles. The molecule has 0 aliphatic rings. The van der Waals surface area contributed by atoms with Crippen molar-refractivity contribution in [2.45, 2.75) is 25.3 Å². The molecule has 3 aromatic rings. The van der Waals surface area contributed by atoms with Gasteiger partial charge in [0.15, 0.2) is 0 Å². The van der Waals surface area contributed by atoms with Gasteiger partial charge in [-0.05, 0) is 49.2 Å². The van der Waals surface area contributed by atoms with E-state index in [-0.39, 0.29) is 28.8 Å². The number of nitro groups is 1. The lowest BCUT2D eigenvalue weighted by molar-refractivity contribution is -0.385. The molecule has 0 bridgehead atoms. The van der Waals surface area contributed by atoms with Gasteiger partial charge < -0.3 is 4.52 Å². The van der Waals surface area contributed by atoms with Crippen LogP contribution in [-0.4, -0.2) is 23.5 Å². The highest BCUT2D eigenvalue weighted by atomic mass is 35.5. The van der Waals surface area contributed by atoms with Crippen LogP contribution in [0.5, 0.6) is 0 Å². The molecule has 0 atom stereocenters. The van der Waals surface area contributed by atoms with Gasteiger partial charge in [0.05, 0.1) is 16.4 Å². The molecule has 0 unspecified atom stereocenters. The molecule has 11 heteroatoms. The molecule has 3 rings (SSSR count). The predicted molar refractivity (Wildman–Crippen MR) is 101 cm³/mol. The number of nitrogens with zero attached hydrogens (tertiary/aromatic N) is 3. The van der Waals surface area contributed by atoms with Crippen molar-refractivity contribution < 1.29 is 17.9 Å². The number of hydrogen-bond donors (Lipinski definition) is 1. The lowest BCUT2D eigenvalue weighted by Gasteiger charge is -2.10. The van der Waals surface area contributed by atoms with Gasteiger partial charge in [0.1, 0.15) is 0 Å². The Balaban J connectivity index is 1.81. The average Bonchev–Trinajstić information content (AvgIpc) is 3.11. The van der Waals surface area contributed by atoms with Crippen molar-refractivity contribution in [1.29, 1.82) is 0 Å². The average molecular weight is 423 g/mol. The normalized spacial score (nSPS) is 11.5. The molecule has 0 spiro atoms. The van der Waals surface area contributed by atoms with Gasteiger partial charge in [-0.25, -0.2) is 13.1 Å². The van der Waals surface area contributed by atoms with Crippen LogP contribution < -0.4 is 4.72 Å². The number of aromatic nitrogens is 2. The van der Waals surface area contributed by atoms with Gasteiger partial charge in [0.25, 0.3) is 5.69 Å². The summed E-state index contributed by atoms with van der Waals surface area (Å²) in [4.78, 5) is 14.4. The van der Waals surface area contributed by atoms with E-state index < -0.39 is 14.9 Å². The van der Waals surface area contributed by atoms with E-state index in [9.17, 15) is 18.5 Å². The van der Waals surface area contributed by atoms with Crippen molar-refractivity contribution in [2.24, 2.45) is 0 Å². The van der Waals surface area contributed by atoms with Crippen molar-refractivity contribution in [3.63, 3.8) is 0 Å². The Morgan fingerprint density at radius 3 is 2.54 bits per heavy atom. The molecule has 0 saturated carbocycles. The highest BCUT2D eigenvalue weighted by molar-refractivity contribution is 7.89. The molecule has 1 aromatic heterocycles. The van der Waals surface area contributed by atoms with E-state index in [0.717, 1.165) is 6.07 Å². The van der Waals surface area contributed by atoms with E-state index >= 15 is 0 Å². The Bertz CT molecular complexity index is 1140. The van der Waals surface area contributed by atoms with Gasteiger partial charge in [-0.3, -0.25) is 10.1 Å². The third kappa shape index (κ3) is 4.19. The van der Waals surface area contributed by atoms with Crippen molar-refractivity contribution in [2.75, 3.05) is 0 Å². The largest absolute Gasteiger partial charge is 0.338 e. The Hall–Kier alpha value is -2.82. The number of non-ortho nitro benzene ring substituents is 1. The van der Waals surface area contributed by atoms with Crippen molar-refractivity contribution in [3.05, 3.63) is 68.6 Å². The number of halogens is 1. The van der Waals surface area contributed by atoms with Crippen LogP contribution in [0.1, 0.15) is 17.0 Å². The molecule has 28 heavy (non-hydrogen) atoms. The molecule has 0 amide bonds. The highest BCUT2D eigenvalue weighted by Gasteiger charge is 2.23. The fraction of sp³-hybridized carbons (Fsp3) is 0.176. The third-order valence-corrected chi connectivity index (χ3v) is 5.87. The van der Waals surface area contributed by atoms with E-state index in [4.69, 9.17) is 16.1 Å². The van der Waals surface area contributed by atoms with Crippen LogP contribution in [-0.2, 0) is 16.6 Å². The maximum Gasteiger partial charge on any atom is 0.271 e. The van der Waals surface area contributed by atoms with Crippen LogP contribution in [0.4, 0.5) is 5.69 Å². The molecular formula is C17H15ClN4O5S. The maximum atomic E-state index is 12.6. The van der Waals surface area contributed by atoms with Crippen LogP contribution in [0.2, 0.25) is 5.02 Å². The van der Waals surface area contributed by atoms with Crippen molar-refractivity contribution >= 4 is 27.3 Å². The molecule has 2 aromatic carbocycles. The molecule has 0 aliphatic carbocycles. The minimum absolute atomic E-state index is 0.0494. The maximum absolute atomic E-state index is 12.6. The fourth-order valence-electron chi connectivity index (χ4n) is 2.47. The summed E-state index contributed by atoms with van der Waals surface area (Å²) in [7, 11) is -4.03. The van der Waals surface area contributed by atoms with Gasteiger partial charge in [0.2, 0.25) is 21.7 Å². The number of rotatable bonds is 6. The van der Waals surface area contributed by atoms with E-state index in [0.29, 0.717) is 21.7 Å². The van der Waals surface area contributed by atoms with Crippen LogP contribution >= 0.6 is 11.6 Å². The van der Waals surface area contributed by atoms with Crippen LogP contribution in [0.25, 0.3) is 11.4 Å². The minimum Gasteiger partial charge on any atom is -0.338 e. The van der Waals surface area contributed by atoms with Gasteiger partial charge in [-0.1, -0.05) is 16.8 Å². The summed E-state index contributed by atoms with van der Waals surface area (Å²) in [5.74, 6) is 0.335. The smallest absolute Gasteiger partial charge is 0.271 e. The Morgan fingerprint density at radius 1 is 1.21 bits per heavy atom. The Morgan fingerprint density at radius 2 is 1.89 bits per heavy atom. The van der Waals surface area contributed by atoms with Crippen molar-refractivity contribution in [1.82, 2.24) is 14.9 Å². The second kappa shape index (κ2) is 7.66. The number of benzene rings is 2. The number of aryl methyl sites for hydroxylation is 1. The number of nitro benzene ring substituents is 1. The van der Waals surface area contributed by atoms with Crippen LogP contribution in [0.15, 0.2) is 45.8 Å². The molecule has 0 saturated heterocycles. The lowest BCUT2D eigenvalue weighted by Crippen LogP contribution is -2.24. The molecule has 0 fully saturated rings. The number of nitrogens with one attached hydrogen (secondary N) is 1. The topological polar surface area (TPSA) is 128 Å². The van der Waals surface area contributed by atoms with Crippen molar-refractivity contribution in [3.8, 4) is 11.4 Å². The minimum atomic E-state index is -4.03. The fourth-order valence-corrected chi connectivity index (χ4v) is 3.91. The van der Waals surface area contributed by atoms with Gasteiger partial charge in [-0.2, -0.15) is 4.98 Å². The van der Waals surface area contributed by atoms with E-state index in [1.165, 1.54) is 6.07 Å². The summed E-state index contributed by atoms with van der Waals surface area (Å²) in [5.41, 5.74) is 1.28. The zero-order valence-corrected chi connectivity index (χ0v) is 16.4. The number of hydrogen-bond acceptors (Lipinski definition) is 7. The molecule has 0 radical (unpaired) electrons. The summed E-state index contributed by atoms with van der Waals surface area (Å²) >= 11 is 5.83. The first kappa shape index (κ1) is 19.9. The zero-order chi connectivity index (χ0) is 20.5. The first-order chi connectivity index (χ1) is 13.2. The molecular weight excluding hydrogens is 408 g/mol. The lowest BCUT2D eigenvalue weighted by atomic mass is 10.1. The summed E-state index contributed by atoms with van der Waals surface area (Å²) in [6, 6.07) is 9.10. The summed E-state index contributed by atoms with van der Waals surface area (Å²) in [5, 5.41) is 15.4. The zero-order valence-electron chi connectivity index (χ0n) is 14.8. The second-order valence-electron chi connectivity index (χ2n) is 5.99. The van der Waals surface area contributed by atoms with Gasteiger partial charge in [0, 0.05) is 22.7 Å². The van der Waals surface area contributed by atoms with Crippen LogP contribution in [0.3, 0.4) is 0 Å². The van der Waals surface area contributed by atoms with E-state index in [1.54, 1.807) is 38.1 Å². The monoisotopic (exact) mass is 422 g/mol. The molecule has 146 valence electrons. The number of sulfonamides is 1. The summed E-state index contributed by atoms with van der Waals surface area (Å²) in [6.07, 6.45) is 0. The first-order valence-corrected chi connectivity index (χ1v) is 9.87. The van der Waals surface area contributed by atoms with E-state index in [1.807, 2.05) is 0 Å². The Kier molecular flexibility index (Phi) is 5.45. The highest BCUT2D eigenvalue weighted by Crippen LogP contribution is 2.25. The standard InChI is InChI=1S/C17H15ClN4O5S/c1-10-7-14(22(23)24)8-15(11(10)2)28(25,26)19-9-16-20-17(21-27-16)12-3-5-13(18)6-4-12/h3-8,19H,9H2,1-2H3. The Labute approximate surface area is 165 Å². The van der Waals surface area contributed by atoms with Gasteiger partial charge >= 0.3 is 0 Å².